The summed E-state index contributed by atoms with van der Waals surface area (Å²) in [6.45, 7) is 6.30. The van der Waals surface area contributed by atoms with Crippen molar-refractivity contribution in [2.75, 3.05) is 18.5 Å². The summed E-state index contributed by atoms with van der Waals surface area (Å²) in [6.07, 6.45) is 0. The van der Waals surface area contributed by atoms with Crippen LogP contribution in [0, 0.1) is 6.92 Å². The van der Waals surface area contributed by atoms with Gasteiger partial charge in [0.2, 0.25) is 0 Å². The molecule has 4 nitrogen and oxygen atoms in total. The van der Waals surface area contributed by atoms with Crippen molar-refractivity contribution in [2.24, 2.45) is 0 Å². The van der Waals surface area contributed by atoms with E-state index in [1.165, 1.54) is 0 Å². The highest BCUT2D eigenvalue weighted by Gasteiger charge is 2.37. The number of nitrogens with one attached hydrogen (secondary N) is 1. The van der Waals surface area contributed by atoms with Crippen molar-refractivity contribution in [3.05, 3.63) is 64.1 Å². The molecule has 0 fully saturated rings. The summed E-state index contributed by atoms with van der Waals surface area (Å²) in [5, 5.41) is 3.32. The zero-order chi connectivity index (χ0) is 17.6. The van der Waals surface area contributed by atoms with Crippen LogP contribution in [0.3, 0.4) is 0 Å². The number of hydrogen-bond acceptors (Lipinski definition) is 4. The average Bonchev–Trinajstić information content (AvgIpc) is 2.56. The molecule has 1 unspecified atom stereocenters. The number of anilines is 1. The van der Waals surface area contributed by atoms with Crippen LogP contribution in [0.1, 0.15) is 30.8 Å². The van der Waals surface area contributed by atoms with Crippen LogP contribution in [0.5, 0.6) is 0 Å². The van der Waals surface area contributed by atoms with Crippen LogP contribution in [0.25, 0.3) is 0 Å². The predicted octanol–water partition coefficient (Wildman–Crippen LogP) is 6.13. The Morgan fingerprint density at radius 1 is 1.00 bits per heavy atom. The minimum absolute atomic E-state index is 0.321. The molecule has 2 rings (SSSR count). The van der Waals surface area contributed by atoms with Gasteiger partial charge in [0, 0.05) is 10.2 Å². The van der Waals surface area contributed by atoms with Crippen molar-refractivity contribution in [2.45, 2.75) is 26.6 Å². The van der Waals surface area contributed by atoms with Gasteiger partial charge in [0.1, 0.15) is 0 Å². The molecule has 2 aromatic carbocycles. The highest BCUT2D eigenvalue weighted by atomic mass is 79.9. The van der Waals surface area contributed by atoms with Crippen LogP contribution in [-0.2, 0) is 13.6 Å². The molecule has 1 N–H and O–H groups in total. The Balaban J connectivity index is 2.41. The summed E-state index contributed by atoms with van der Waals surface area (Å²) in [7, 11) is -3.37. The maximum absolute atomic E-state index is 13.4. The molecule has 24 heavy (non-hydrogen) atoms. The van der Waals surface area contributed by atoms with Crippen LogP contribution in [0.2, 0.25) is 0 Å². The van der Waals surface area contributed by atoms with Crippen molar-refractivity contribution in [1.29, 1.82) is 0 Å². The average molecular weight is 412 g/mol. The fraction of sp³-hybridized carbons (Fsp3) is 0.333. The van der Waals surface area contributed by atoms with E-state index in [2.05, 4.69) is 21.2 Å². The van der Waals surface area contributed by atoms with Crippen LogP contribution in [-0.4, -0.2) is 13.2 Å². The fourth-order valence-electron chi connectivity index (χ4n) is 2.34. The minimum atomic E-state index is -3.37. The van der Waals surface area contributed by atoms with Crippen molar-refractivity contribution < 1.29 is 13.6 Å². The van der Waals surface area contributed by atoms with E-state index < -0.39 is 13.4 Å². The second-order valence-electron chi connectivity index (χ2n) is 5.34. The van der Waals surface area contributed by atoms with Gasteiger partial charge in [-0.05, 0) is 50.6 Å². The smallest absolute Gasteiger partial charge is 0.357 e. The molecule has 0 aromatic heterocycles. The zero-order valence-corrected chi connectivity index (χ0v) is 16.6. The largest absolute Gasteiger partial charge is 0.368 e. The third kappa shape index (κ3) is 4.93. The van der Waals surface area contributed by atoms with Crippen molar-refractivity contribution in [3.63, 3.8) is 0 Å². The lowest BCUT2D eigenvalue weighted by Crippen LogP contribution is -2.15. The van der Waals surface area contributed by atoms with E-state index in [0.29, 0.717) is 13.2 Å². The van der Waals surface area contributed by atoms with Gasteiger partial charge < -0.3 is 14.4 Å². The Bertz CT molecular complexity index is 678. The SMILES string of the molecule is CCOP(=O)(OCC)C(Nc1ccc(Br)cc1)c1ccc(C)cc1. The maximum Gasteiger partial charge on any atom is 0.357 e. The van der Waals surface area contributed by atoms with Crippen LogP contribution in [0.15, 0.2) is 53.0 Å². The third-order valence-corrected chi connectivity index (χ3v) is 6.30. The molecule has 0 radical (unpaired) electrons. The zero-order valence-electron chi connectivity index (χ0n) is 14.2. The molecule has 2 aromatic rings. The summed E-state index contributed by atoms with van der Waals surface area (Å²) in [5.74, 6) is -0.570. The van der Waals surface area contributed by atoms with E-state index in [0.717, 1.165) is 21.3 Å². The molecule has 0 saturated heterocycles. The van der Waals surface area contributed by atoms with E-state index in [1.54, 1.807) is 0 Å². The molecule has 130 valence electrons. The molecule has 0 spiro atoms. The second kappa shape index (κ2) is 8.82. The lowest BCUT2D eigenvalue weighted by molar-refractivity contribution is 0.214. The number of aryl methyl sites for hydroxylation is 1. The third-order valence-electron chi connectivity index (χ3n) is 3.48. The standard InChI is InChI=1S/C18H23BrNO3P/c1-4-22-24(21,23-5-2)18(15-8-6-14(3)7-9-15)20-17-12-10-16(19)11-13-17/h6-13,18,20H,4-5H2,1-3H3. The summed E-state index contributed by atoms with van der Waals surface area (Å²) in [5.41, 5.74) is 2.86. The van der Waals surface area contributed by atoms with Gasteiger partial charge in [-0.2, -0.15) is 0 Å². The van der Waals surface area contributed by atoms with Crippen molar-refractivity contribution >= 4 is 29.2 Å². The summed E-state index contributed by atoms with van der Waals surface area (Å²) in [4.78, 5) is 0. The predicted molar refractivity (Wildman–Crippen MR) is 103 cm³/mol. The summed E-state index contributed by atoms with van der Waals surface area (Å²) >= 11 is 3.42. The normalized spacial score (nSPS) is 12.8. The molecule has 0 amide bonds. The Kier molecular flexibility index (Phi) is 7.05. The van der Waals surface area contributed by atoms with Crippen LogP contribution < -0.4 is 5.32 Å². The molecule has 0 aliphatic carbocycles. The number of benzene rings is 2. The maximum atomic E-state index is 13.4. The van der Waals surface area contributed by atoms with E-state index in [-0.39, 0.29) is 0 Å². The minimum Gasteiger partial charge on any atom is -0.368 e. The Morgan fingerprint density at radius 3 is 2.04 bits per heavy atom. The molecule has 0 heterocycles. The Morgan fingerprint density at radius 2 is 1.54 bits per heavy atom. The molecule has 0 bridgehead atoms. The number of rotatable bonds is 8. The first-order valence-corrected chi connectivity index (χ1v) is 10.4. The number of halogens is 1. The van der Waals surface area contributed by atoms with Gasteiger partial charge in [0.15, 0.2) is 5.78 Å². The summed E-state index contributed by atoms with van der Waals surface area (Å²) in [6, 6.07) is 15.6. The quantitative estimate of drug-likeness (QED) is 0.530. The molecule has 6 heteroatoms. The first-order chi connectivity index (χ1) is 11.5. The van der Waals surface area contributed by atoms with Gasteiger partial charge in [-0.25, -0.2) is 0 Å². The molecule has 0 aliphatic heterocycles. The first-order valence-electron chi connectivity index (χ1n) is 7.96. The lowest BCUT2D eigenvalue weighted by atomic mass is 10.1. The molecule has 0 aliphatic rings. The molecule has 0 saturated carbocycles. The first kappa shape index (κ1) is 19.2. The van der Waals surface area contributed by atoms with Gasteiger partial charge in [0.25, 0.3) is 0 Å². The van der Waals surface area contributed by atoms with E-state index in [9.17, 15) is 4.57 Å². The van der Waals surface area contributed by atoms with Gasteiger partial charge in [-0.15, -0.1) is 0 Å². The number of hydrogen-bond donors (Lipinski definition) is 1. The van der Waals surface area contributed by atoms with E-state index in [4.69, 9.17) is 9.05 Å². The van der Waals surface area contributed by atoms with Gasteiger partial charge >= 0.3 is 7.60 Å². The topological polar surface area (TPSA) is 47.6 Å². The molecular weight excluding hydrogens is 389 g/mol. The van der Waals surface area contributed by atoms with Crippen LogP contribution in [0.4, 0.5) is 5.69 Å². The van der Waals surface area contributed by atoms with Crippen molar-refractivity contribution in [3.8, 4) is 0 Å². The van der Waals surface area contributed by atoms with Crippen LogP contribution >= 0.6 is 23.5 Å². The van der Waals surface area contributed by atoms with Gasteiger partial charge in [-0.3, -0.25) is 4.57 Å². The highest BCUT2D eigenvalue weighted by Crippen LogP contribution is 2.60. The monoisotopic (exact) mass is 411 g/mol. The van der Waals surface area contributed by atoms with Gasteiger partial charge in [0.05, 0.1) is 13.2 Å². The fourth-order valence-corrected chi connectivity index (χ4v) is 4.55. The van der Waals surface area contributed by atoms with Gasteiger partial charge in [-0.1, -0.05) is 45.8 Å². The molecule has 1 atom stereocenters. The molecular formula is C18H23BrNO3P. The Hall–Kier alpha value is -1.13. The van der Waals surface area contributed by atoms with E-state index in [1.807, 2.05) is 69.3 Å². The Labute approximate surface area is 152 Å². The van der Waals surface area contributed by atoms with Crippen molar-refractivity contribution in [1.82, 2.24) is 0 Å². The second-order valence-corrected chi connectivity index (χ2v) is 8.37. The summed E-state index contributed by atoms with van der Waals surface area (Å²) < 4.78 is 25.5. The highest BCUT2D eigenvalue weighted by molar-refractivity contribution is 9.10. The lowest BCUT2D eigenvalue weighted by Gasteiger charge is -2.28. The van der Waals surface area contributed by atoms with E-state index >= 15 is 0 Å².